The molecule has 2 rings (SSSR count). The third kappa shape index (κ3) is 0.561. The fraction of sp³-hybridized carbons (Fsp3) is 0. The van der Waals surface area contributed by atoms with Crippen molar-refractivity contribution in [2.75, 3.05) is 0 Å². The normalized spacial score (nSPS) is 10.2. The summed E-state index contributed by atoms with van der Waals surface area (Å²) < 4.78 is 1.67. The van der Waals surface area contributed by atoms with E-state index in [-0.39, 0.29) is 0 Å². The molecule has 0 aliphatic heterocycles. The Morgan fingerprint density at radius 1 is 1.56 bits per heavy atom. The molecule has 2 aromatic heterocycles. The summed E-state index contributed by atoms with van der Waals surface area (Å²) >= 11 is 0. The van der Waals surface area contributed by atoms with Crippen molar-refractivity contribution in [3.8, 4) is 0 Å². The maximum atomic E-state index is 3.96. The fourth-order valence-corrected chi connectivity index (χ4v) is 0.713. The van der Waals surface area contributed by atoms with E-state index in [0.29, 0.717) is 0 Å². The van der Waals surface area contributed by atoms with Crippen molar-refractivity contribution in [3.05, 3.63) is 24.7 Å². The van der Waals surface area contributed by atoms with E-state index in [1.54, 1.807) is 17.0 Å². The second-order valence-electron chi connectivity index (χ2n) is 1.70. The van der Waals surface area contributed by atoms with Gasteiger partial charge in [-0.15, -0.1) is 14.7 Å². The minimum Gasteiger partial charge on any atom is -0.125 e. The van der Waals surface area contributed by atoms with Crippen molar-refractivity contribution in [3.63, 3.8) is 0 Å². The van der Waals surface area contributed by atoms with Crippen molar-refractivity contribution >= 4 is 5.65 Å². The van der Waals surface area contributed by atoms with Crippen LogP contribution in [-0.2, 0) is 0 Å². The van der Waals surface area contributed by atoms with Gasteiger partial charge in [-0.3, -0.25) is 0 Å². The minimum absolute atomic E-state index is 0.831. The van der Waals surface area contributed by atoms with Crippen LogP contribution in [0.15, 0.2) is 24.7 Å². The Morgan fingerprint density at radius 3 is 3.44 bits per heavy atom. The van der Waals surface area contributed by atoms with E-state index >= 15 is 0 Å². The lowest BCUT2D eigenvalue weighted by Gasteiger charge is -1.75. The van der Waals surface area contributed by atoms with Gasteiger partial charge in [0.15, 0.2) is 0 Å². The minimum atomic E-state index is 0.831. The van der Waals surface area contributed by atoms with Crippen molar-refractivity contribution in [1.82, 2.24) is 15.3 Å². The molecule has 1 N–H and O–H groups in total. The lowest BCUT2D eigenvalue weighted by Crippen LogP contribution is -2.22. The zero-order valence-corrected chi connectivity index (χ0v) is 4.65. The van der Waals surface area contributed by atoms with Crippen LogP contribution in [0.2, 0.25) is 0 Å². The highest BCUT2D eigenvalue weighted by Gasteiger charge is 1.98. The molecule has 2 aromatic rings. The third-order valence-electron chi connectivity index (χ3n) is 1.12. The van der Waals surface area contributed by atoms with Gasteiger partial charge in [-0.1, -0.05) is 0 Å². The molecule has 0 aliphatic rings. The Hall–Kier alpha value is -1.45. The van der Waals surface area contributed by atoms with E-state index in [2.05, 4.69) is 15.3 Å². The lowest BCUT2D eigenvalue weighted by molar-refractivity contribution is -0.580. The molecule has 0 aromatic carbocycles. The quantitative estimate of drug-likeness (QED) is 0.479. The molecule has 0 saturated carbocycles. The summed E-state index contributed by atoms with van der Waals surface area (Å²) in [5, 5.41) is 10.5. The van der Waals surface area contributed by atoms with Gasteiger partial charge in [0.25, 0.3) is 0 Å². The van der Waals surface area contributed by atoms with Crippen LogP contribution in [0.5, 0.6) is 0 Å². The van der Waals surface area contributed by atoms with Gasteiger partial charge in [0, 0.05) is 11.2 Å². The average Bonchev–Trinajstić information content (AvgIpc) is 2.33. The molecule has 0 aliphatic carbocycles. The molecule has 0 saturated heterocycles. The van der Waals surface area contributed by atoms with Gasteiger partial charge in [0.1, 0.15) is 0 Å². The molecule has 0 unspecified atom stereocenters. The summed E-state index contributed by atoms with van der Waals surface area (Å²) in [4.78, 5) is 0. The zero-order chi connectivity index (χ0) is 6.10. The molecule has 44 valence electrons. The third-order valence-corrected chi connectivity index (χ3v) is 1.12. The van der Waals surface area contributed by atoms with Crippen LogP contribution in [0.3, 0.4) is 0 Å². The first-order valence-corrected chi connectivity index (χ1v) is 2.63. The van der Waals surface area contributed by atoms with Gasteiger partial charge in [0.2, 0.25) is 6.33 Å². The zero-order valence-electron chi connectivity index (χ0n) is 4.65. The van der Waals surface area contributed by atoms with E-state index in [1.807, 2.05) is 12.1 Å². The van der Waals surface area contributed by atoms with Crippen molar-refractivity contribution in [1.29, 1.82) is 0 Å². The summed E-state index contributed by atoms with van der Waals surface area (Å²) in [6.45, 7) is 0. The standard InChI is InChI=1S/C5H4N4/c1-2-5-8-6-4-9(5)7-3-1/h1-4H/p+1. The van der Waals surface area contributed by atoms with Gasteiger partial charge in [-0.2, -0.15) is 0 Å². The maximum absolute atomic E-state index is 3.96. The number of rotatable bonds is 0. The number of nitrogens with zero attached hydrogens (tertiary/aromatic N) is 3. The first-order valence-electron chi connectivity index (χ1n) is 2.63. The molecule has 9 heavy (non-hydrogen) atoms. The molecule has 0 fully saturated rings. The Balaban J connectivity index is 2.95. The van der Waals surface area contributed by atoms with E-state index in [1.165, 1.54) is 0 Å². The van der Waals surface area contributed by atoms with Gasteiger partial charge < -0.3 is 0 Å². The number of nitrogens with one attached hydrogen (secondary N) is 1. The van der Waals surface area contributed by atoms with Crippen LogP contribution >= 0.6 is 0 Å². The van der Waals surface area contributed by atoms with E-state index < -0.39 is 0 Å². The van der Waals surface area contributed by atoms with Crippen LogP contribution in [0.25, 0.3) is 5.65 Å². The first kappa shape index (κ1) is 4.43. The molecule has 0 radical (unpaired) electrons. The van der Waals surface area contributed by atoms with E-state index in [0.717, 1.165) is 5.65 Å². The van der Waals surface area contributed by atoms with Crippen LogP contribution in [0, 0.1) is 0 Å². The fourth-order valence-electron chi connectivity index (χ4n) is 0.713. The Morgan fingerprint density at radius 2 is 2.56 bits per heavy atom. The number of hydrogen-bond acceptors (Lipinski definition) is 2. The van der Waals surface area contributed by atoms with Gasteiger partial charge in [-0.25, -0.2) is 0 Å². The Kier molecular flexibility index (Phi) is 0.745. The number of aromatic amines is 1. The number of fused-ring (bicyclic) bond motifs is 1. The van der Waals surface area contributed by atoms with E-state index in [9.17, 15) is 0 Å². The van der Waals surface area contributed by atoms with Crippen molar-refractivity contribution in [2.24, 2.45) is 0 Å². The summed E-state index contributed by atoms with van der Waals surface area (Å²) in [7, 11) is 0. The summed E-state index contributed by atoms with van der Waals surface area (Å²) in [6.07, 6.45) is 3.40. The lowest BCUT2D eigenvalue weighted by atomic mass is 10.6. The molecule has 0 atom stereocenters. The van der Waals surface area contributed by atoms with Gasteiger partial charge >= 0.3 is 5.65 Å². The van der Waals surface area contributed by atoms with E-state index in [4.69, 9.17) is 0 Å². The average molecular weight is 121 g/mol. The Labute approximate surface area is 51.1 Å². The monoisotopic (exact) mass is 121 g/mol. The van der Waals surface area contributed by atoms with Gasteiger partial charge in [-0.05, 0) is 6.07 Å². The second-order valence-corrected chi connectivity index (χ2v) is 1.70. The van der Waals surface area contributed by atoms with Crippen LogP contribution in [0.4, 0.5) is 0 Å². The predicted octanol–water partition coefficient (Wildman–Crippen LogP) is -0.457. The molecule has 4 nitrogen and oxygen atoms in total. The Bertz CT molecular complexity index is 283. The van der Waals surface area contributed by atoms with Crippen LogP contribution in [-0.4, -0.2) is 15.3 Å². The second kappa shape index (κ2) is 1.51. The highest BCUT2D eigenvalue weighted by molar-refractivity contribution is 5.23. The maximum Gasteiger partial charge on any atom is 0.325 e. The predicted molar refractivity (Wildman–Crippen MR) is 29.5 cm³/mol. The number of aromatic nitrogens is 4. The molecular weight excluding hydrogens is 116 g/mol. The largest absolute Gasteiger partial charge is 0.325 e. The highest BCUT2D eigenvalue weighted by Crippen LogP contribution is 1.82. The SMILES string of the molecule is c1cn[n+]2c[nH]nc2c1. The van der Waals surface area contributed by atoms with Crippen LogP contribution in [0.1, 0.15) is 0 Å². The first-order chi connectivity index (χ1) is 4.47. The smallest absolute Gasteiger partial charge is 0.125 e. The number of H-pyrrole nitrogens is 1. The molecule has 2 heterocycles. The van der Waals surface area contributed by atoms with Gasteiger partial charge in [0.05, 0.1) is 6.20 Å². The molecule has 4 heteroatoms. The topological polar surface area (TPSA) is 45.7 Å². The highest BCUT2D eigenvalue weighted by atomic mass is 15.3. The summed E-state index contributed by atoms with van der Waals surface area (Å²) in [5.41, 5.74) is 0.831. The summed E-state index contributed by atoms with van der Waals surface area (Å²) in [6, 6.07) is 3.72. The molecule has 0 spiro atoms. The van der Waals surface area contributed by atoms with Crippen molar-refractivity contribution in [2.45, 2.75) is 0 Å². The van der Waals surface area contributed by atoms with Crippen molar-refractivity contribution < 1.29 is 4.52 Å². The molecule has 0 bridgehead atoms. The summed E-state index contributed by atoms with van der Waals surface area (Å²) in [5.74, 6) is 0. The number of hydrogen-bond donors (Lipinski definition) is 1. The van der Waals surface area contributed by atoms with Crippen LogP contribution < -0.4 is 4.52 Å². The molecular formula is C5H5N4+. The molecule has 0 amide bonds.